The number of likely N-dealkylation sites (tertiary alicyclic amines) is 1. The average Bonchev–Trinajstić information content (AvgIpc) is 3.23. The number of hydrogen-bond acceptors (Lipinski definition) is 6. The highest BCUT2D eigenvalue weighted by Gasteiger charge is 2.21. The Morgan fingerprint density at radius 1 is 1.18 bits per heavy atom. The van der Waals surface area contributed by atoms with E-state index in [-0.39, 0.29) is 23.3 Å². The Hall–Kier alpha value is -3.59. The quantitative estimate of drug-likeness (QED) is 0.380. The number of nitrogens with zero attached hydrogens (tertiary/aromatic N) is 3. The Morgan fingerprint density at radius 2 is 1.85 bits per heavy atom. The number of aromatic nitrogens is 1. The molecule has 1 fully saturated rings. The molecule has 0 bridgehead atoms. The van der Waals surface area contributed by atoms with E-state index in [1.165, 1.54) is 24.3 Å². The number of amides is 1. The second-order valence-corrected chi connectivity index (χ2v) is 8.62. The van der Waals surface area contributed by atoms with Gasteiger partial charge in [0.1, 0.15) is 17.3 Å². The Morgan fingerprint density at radius 3 is 2.50 bits per heavy atom. The molecular weight excluding hydrogens is 439 g/mol. The number of aryl methyl sites for hydroxylation is 1. The van der Waals surface area contributed by atoms with Crippen molar-refractivity contribution in [1.82, 2.24) is 15.2 Å². The minimum atomic E-state index is -0.465. The molecule has 4 rings (SSSR count). The standard InChI is InChI=1S/C25H27FN4O4/c1-17-23(20-4-8-22(9-5-20)30(32)33)28-25(34-17)24(31)27-13-10-18-11-14-29(15-12-18)16-19-2-6-21(26)7-3-19/h2-9,18H,10-16H2,1H3,(H,27,31). The number of oxazole rings is 1. The molecule has 178 valence electrons. The first-order chi connectivity index (χ1) is 16.4. The van der Waals surface area contributed by atoms with Gasteiger partial charge in [-0.2, -0.15) is 0 Å². The molecule has 0 spiro atoms. The molecule has 1 amide bonds. The molecule has 1 aliphatic heterocycles. The summed E-state index contributed by atoms with van der Waals surface area (Å²) in [6.45, 7) is 5.03. The van der Waals surface area contributed by atoms with Gasteiger partial charge in [0.15, 0.2) is 0 Å². The van der Waals surface area contributed by atoms with Gasteiger partial charge in [-0.1, -0.05) is 12.1 Å². The monoisotopic (exact) mass is 466 g/mol. The molecule has 1 aliphatic rings. The van der Waals surface area contributed by atoms with Crippen LogP contribution in [0.5, 0.6) is 0 Å². The summed E-state index contributed by atoms with van der Waals surface area (Å²) in [4.78, 5) is 29.5. The fraction of sp³-hybridized carbons (Fsp3) is 0.360. The highest BCUT2D eigenvalue weighted by molar-refractivity contribution is 5.90. The molecule has 3 aromatic rings. The van der Waals surface area contributed by atoms with Gasteiger partial charge in [0.25, 0.3) is 11.6 Å². The topological polar surface area (TPSA) is 102 Å². The molecule has 0 atom stereocenters. The molecule has 9 heteroatoms. The summed E-state index contributed by atoms with van der Waals surface area (Å²) in [5.74, 6) is 0.413. The van der Waals surface area contributed by atoms with Gasteiger partial charge in [0, 0.05) is 30.8 Å². The average molecular weight is 467 g/mol. The minimum absolute atomic E-state index is 0.0100. The number of nitrogens with one attached hydrogen (secondary N) is 1. The zero-order valence-corrected chi connectivity index (χ0v) is 19.0. The van der Waals surface area contributed by atoms with Crippen molar-refractivity contribution >= 4 is 11.6 Å². The lowest BCUT2D eigenvalue weighted by Crippen LogP contribution is -2.34. The van der Waals surface area contributed by atoms with Gasteiger partial charge in [0.2, 0.25) is 0 Å². The van der Waals surface area contributed by atoms with Crippen LogP contribution in [0.1, 0.15) is 41.3 Å². The number of nitro benzene ring substituents is 1. The van der Waals surface area contributed by atoms with Crippen LogP contribution in [0.4, 0.5) is 10.1 Å². The van der Waals surface area contributed by atoms with E-state index in [0.717, 1.165) is 44.5 Å². The number of halogens is 1. The summed E-state index contributed by atoms with van der Waals surface area (Å²) in [5.41, 5.74) is 2.25. The van der Waals surface area contributed by atoms with E-state index in [9.17, 15) is 19.3 Å². The summed E-state index contributed by atoms with van der Waals surface area (Å²) >= 11 is 0. The minimum Gasteiger partial charge on any atom is -0.437 e. The normalized spacial score (nSPS) is 14.8. The van der Waals surface area contributed by atoms with Crippen LogP contribution in [0.25, 0.3) is 11.3 Å². The third-order valence-electron chi connectivity index (χ3n) is 6.21. The van der Waals surface area contributed by atoms with Gasteiger partial charge < -0.3 is 9.73 Å². The van der Waals surface area contributed by atoms with Crippen molar-refractivity contribution in [2.24, 2.45) is 5.92 Å². The van der Waals surface area contributed by atoms with Crippen LogP contribution in [-0.4, -0.2) is 40.3 Å². The van der Waals surface area contributed by atoms with Crippen LogP contribution < -0.4 is 5.32 Å². The third-order valence-corrected chi connectivity index (χ3v) is 6.21. The van der Waals surface area contributed by atoms with Crippen LogP contribution in [0.3, 0.4) is 0 Å². The molecule has 2 aromatic carbocycles. The van der Waals surface area contributed by atoms with Gasteiger partial charge in [-0.05, 0) is 75.0 Å². The summed E-state index contributed by atoms with van der Waals surface area (Å²) < 4.78 is 18.6. The number of carbonyl (C=O) groups excluding carboxylic acids is 1. The first-order valence-electron chi connectivity index (χ1n) is 11.4. The molecule has 34 heavy (non-hydrogen) atoms. The van der Waals surface area contributed by atoms with Gasteiger partial charge in [-0.15, -0.1) is 0 Å². The van der Waals surface area contributed by atoms with Crippen molar-refractivity contribution in [3.8, 4) is 11.3 Å². The highest BCUT2D eigenvalue weighted by Crippen LogP contribution is 2.26. The molecule has 1 saturated heterocycles. The Bertz CT molecular complexity index is 1140. The maximum atomic E-state index is 13.1. The van der Waals surface area contributed by atoms with Crippen LogP contribution in [-0.2, 0) is 6.54 Å². The van der Waals surface area contributed by atoms with E-state index in [2.05, 4.69) is 15.2 Å². The van der Waals surface area contributed by atoms with Crippen LogP contribution in [0, 0.1) is 28.8 Å². The van der Waals surface area contributed by atoms with Gasteiger partial charge in [-0.3, -0.25) is 19.8 Å². The van der Waals surface area contributed by atoms with Crippen molar-refractivity contribution in [3.63, 3.8) is 0 Å². The predicted octanol–water partition coefficient (Wildman–Crippen LogP) is 4.73. The number of nitro groups is 1. The summed E-state index contributed by atoms with van der Waals surface area (Å²) in [6, 6.07) is 12.6. The molecule has 1 N–H and O–H groups in total. The maximum Gasteiger partial charge on any atom is 0.307 e. The maximum absolute atomic E-state index is 13.1. The van der Waals surface area contributed by atoms with Crippen molar-refractivity contribution < 1.29 is 18.5 Å². The lowest BCUT2D eigenvalue weighted by molar-refractivity contribution is -0.384. The number of benzene rings is 2. The zero-order chi connectivity index (χ0) is 24.1. The number of non-ortho nitro benzene ring substituents is 1. The molecule has 0 unspecified atom stereocenters. The molecule has 0 saturated carbocycles. The second-order valence-electron chi connectivity index (χ2n) is 8.62. The van der Waals surface area contributed by atoms with Crippen LogP contribution in [0.15, 0.2) is 52.9 Å². The lowest BCUT2D eigenvalue weighted by Gasteiger charge is -2.32. The first-order valence-corrected chi connectivity index (χ1v) is 11.4. The zero-order valence-electron chi connectivity index (χ0n) is 19.0. The summed E-state index contributed by atoms with van der Waals surface area (Å²) in [7, 11) is 0. The van der Waals surface area contributed by atoms with Crippen molar-refractivity contribution in [2.75, 3.05) is 19.6 Å². The largest absolute Gasteiger partial charge is 0.437 e. The van der Waals surface area contributed by atoms with Gasteiger partial charge >= 0.3 is 5.91 Å². The van der Waals surface area contributed by atoms with Crippen molar-refractivity contribution in [3.05, 3.63) is 81.7 Å². The summed E-state index contributed by atoms with van der Waals surface area (Å²) in [5, 5.41) is 13.7. The van der Waals surface area contributed by atoms with E-state index >= 15 is 0 Å². The molecule has 0 radical (unpaired) electrons. The molecule has 8 nitrogen and oxygen atoms in total. The fourth-order valence-corrected chi connectivity index (χ4v) is 4.25. The van der Waals surface area contributed by atoms with Crippen molar-refractivity contribution in [2.45, 2.75) is 32.7 Å². The number of hydrogen-bond donors (Lipinski definition) is 1. The molecule has 0 aliphatic carbocycles. The Balaban J connectivity index is 1.23. The van der Waals surface area contributed by atoms with E-state index in [1.54, 1.807) is 19.1 Å². The molecular formula is C25H27FN4O4. The van der Waals surface area contributed by atoms with Gasteiger partial charge in [0.05, 0.1) is 4.92 Å². The smallest absolute Gasteiger partial charge is 0.307 e. The number of rotatable bonds is 8. The Labute approximate surface area is 196 Å². The van der Waals surface area contributed by atoms with E-state index in [4.69, 9.17) is 4.42 Å². The van der Waals surface area contributed by atoms with Crippen molar-refractivity contribution in [1.29, 1.82) is 0 Å². The van der Waals surface area contributed by atoms with Gasteiger partial charge in [-0.25, -0.2) is 9.37 Å². The number of carbonyl (C=O) groups is 1. The first kappa shape index (κ1) is 23.6. The summed E-state index contributed by atoms with van der Waals surface area (Å²) in [6.07, 6.45) is 2.99. The lowest BCUT2D eigenvalue weighted by atomic mass is 9.93. The predicted molar refractivity (Wildman–Crippen MR) is 125 cm³/mol. The number of piperidine rings is 1. The van der Waals surface area contributed by atoms with Crippen LogP contribution >= 0.6 is 0 Å². The second kappa shape index (κ2) is 10.6. The van der Waals surface area contributed by atoms with E-state index in [0.29, 0.717) is 29.5 Å². The third kappa shape index (κ3) is 5.85. The SMILES string of the molecule is Cc1oc(C(=O)NCCC2CCN(Cc3ccc(F)cc3)CC2)nc1-c1ccc([N+](=O)[O-])cc1. The fourth-order valence-electron chi connectivity index (χ4n) is 4.25. The van der Waals surface area contributed by atoms with E-state index in [1.807, 2.05) is 12.1 Å². The molecule has 2 heterocycles. The van der Waals surface area contributed by atoms with Crippen LogP contribution in [0.2, 0.25) is 0 Å². The van der Waals surface area contributed by atoms with E-state index < -0.39 is 4.92 Å². The molecule has 1 aromatic heterocycles. The highest BCUT2D eigenvalue weighted by atomic mass is 19.1. The Kier molecular flexibility index (Phi) is 7.32.